The molecule has 18 heavy (non-hydrogen) atoms. The summed E-state index contributed by atoms with van der Waals surface area (Å²) >= 11 is 1.90. The number of hydrogen-bond donors (Lipinski definition) is 1. The van der Waals surface area contributed by atoms with E-state index in [1.807, 2.05) is 25.0 Å². The molecule has 0 spiro atoms. The topological polar surface area (TPSA) is 56.7 Å². The van der Waals surface area contributed by atoms with Crippen molar-refractivity contribution in [1.82, 2.24) is 15.0 Å². The summed E-state index contributed by atoms with van der Waals surface area (Å²) in [5, 5.41) is 8.06. The van der Waals surface area contributed by atoms with Gasteiger partial charge in [0, 0.05) is 42.3 Å². The molecular formula is C13H16N4S. The van der Waals surface area contributed by atoms with Gasteiger partial charge in [0.25, 0.3) is 0 Å². The molecule has 0 amide bonds. The van der Waals surface area contributed by atoms with Crippen molar-refractivity contribution in [2.45, 2.75) is 23.3 Å². The molecule has 0 saturated heterocycles. The summed E-state index contributed by atoms with van der Waals surface area (Å²) in [5.74, 6) is 1.49. The van der Waals surface area contributed by atoms with Gasteiger partial charge >= 0.3 is 0 Å². The van der Waals surface area contributed by atoms with E-state index in [2.05, 4.69) is 34.6 Å². The van der Waals surface area contributed by atoms with Crippen LogP contribution >= 0.6 is 11.8 Å². The third-order valence-corrected chi connectivity index (χ3v) is 4.56. The number of nitrogens with zero attached hydrogens (tertiary/aromatic N) is 3. The Kier molecular flexibility index (Phi) is 3.09. The summed E-state index contributed by atoms with van der Waals surface area (Å²) in [6.07, 6.45) is 2.72. The highest BCUT2D eigenvalue weighted by Gasteiger charge is 2.28. The normalized spacial score (nSPS) is 19.8. The highest BCUT2D eigenvalue weighted by atomic mass is 32.2. The van der Waals surface area contributed by atoms with Crippen molar-refractivity contribution in [3.8, 4) is 0 Å². The third kappa shape index (κ3) is 2.15. The quantitative estimate of drug-likeness (QED) is 0.910. The molecule has 1 aliphatic rings. The van der Waals surface area contributed by atoms with Gasteiger partial charge in [-0.2, -0.15) is 0 Å². The number of rotatable bonds is 3. The van der Waals surface area contributed by atoms with Gasteiger partial charge in [-0.15, -0.1) is 16.9 Å². The van der Waals surface area contributed by atoms with Crippen molar-refractivity contribution >= 4 is 11.8 Å². The molecule has 2 N–H and O–H groups in total. The molecule has 0 saturated carbocycles. The first-order chi connectivity index (χ1) is 8.74. The fourth-order valence-corrected chi connectivity index (χ4v) is 3.76. The Morgan fingerprint density at radius 2 is 2.33 bits per heavy atom. The minimum absolute atomic E-state index is 0.109. The van der Waals surface area contributed by atoms with Crippen molar-refractivity contribution in [3.63, 3.8) is 0 Å². The number of fused-ring (bicyclic) bond motifs is 1. The van der Waals surface area contributed by atoms with Crippen LogP contribution in [-0.4, -0.2) is 26.8 Å². The zero-order valence-corrected chi connectivity index (χ0v) is 11.1. The first kappa shape index (κ1) is 11.7. The Hall–Kier alpha value is -1.33. The fourth-order valence-electron chi connectivity index (χ4n) is 2.41. The van der Waals surface area contributed by atoms with Crippen molar-refractivity contribution in [1.29, 1.82) is 0 Å². The number of nitrogens with two attached hydrogens (primary N) is 1. The number of aryl methyl sites for hydroxylation is 1. The molecule has 2 atom stereocenters. The second-order valence-corrected chi connectivity index (χ2v) is 5.77. The summed E-state index contributed by atoms with van der Waals surface area (Å²) < 4.78 is 1.72. The van der Waals surface area contributed by atoms with E-state index in [1.54, 1.807) is 4.68 Å². The van der Waals surface area contributed by atoms with Crippen LogP contribution in [0.3, 0.4) is 0 Å². The Balaban J connectivity index is 1.76. The van der Waals surface area contributed by atoms with Crippen molar-refractivity contribution in [2.75, 3.05) is 5.75 Å². The van der Waals surface area contributed by atoms with Gasteiger partial charge in [-0.25, -0.2) is 0 Å². The van der Waals surface area contributed by atoms with Gasteiger partial charge in [0.15, 0.2) is 0 Å². The van der Waals surface area contributed by atoms with Crippen LogP contribution in [0.25, 0.3) is 0 Å². The molecule has 0 radical (unpaired) electrons. The van der Waals surface area contributed by atoms with Gasteiger partial charge in [0.1, 0.15) is 0 Å². The molecule has 2 heterocycles. The molecule has 4 nitrogen and oxygen atoms in total. The predicted molar refractivity (Wildman–Crippen MR) is 72.6 cm³/mol. The van der Waals surface area contributed by atoms with E-state index >= 15 is 0 Å². The molecule has 1 aromatic heterocycles. The van der Waals surface area contributed by atoms with Gasteiger partial charge in [-0.3, -0.25) is 4.68 Å². The Morgan fingerprint density at radius 3 is 3.11 bits per heavy atom. The zero-order valence-electron chi connectivity index (χ0n) is 10.3. The van der Waals surface area contributed by atoms with Crippen molar-refractivity contribution in [3.05, 3.63) is 41.7 Å². The van der Waals surface area contributed by atoms with Crippen LogP contribution in [0.2, 0.25) is 0 Å². The largest absolute Gasteiger partial charge is 0.327 e. The van der Waals surface area contributed by atoms with Crippen LogP contribution in [0, 0.1) is 0 Å². The first-order valence-corrected chi connectivity index (χ1v) is 7.05. The minimum atomic E-state index is 0.109. The maximum Gasteiger partial charge on any atom is 0.0842 e. The van der Waals surface area contributed by atoms with Crippen LogP contribution in [0.15, 0.2) is 35.4 Å². The van der Waals surface area contributed by atoms with E-state index in [-0.39, 0.29) is 6.04 Å². The van der Waals surface area contributed by atoms with E-state index in [4.69, 9.17) is 5.73 Å². The summed E-state index contributed by atoms with van der Waals surface area (Å²) in [6, 6.07) is 8.65. The maximum atomic E-state index is 6.34. The average Bonchev–Trinajstić information content (AvgIpc) is 2.95. The van der Waals surface area contributed by atoms with E-state index in [9.17, 15) is 0 Å². The SMILES string of the molecule is Cn1cc(CC(N)C2CSc3ccccc32)nn1. The van der Waals surface area contributed by atoms with Crippen LogP contribution in [-0.2, 0) is 13.5 Å². The highest BCUT2D eigenvalue weighted by Crippen LogP contribution is 2.40. The first-order valence-electron chi connectivity index (χ1n) is 6.06. The van der Waals surface area contributed by atoms with Crippen molar-refractivity contribution < 1.29 is 0 Å². The van der Waals surface area contributed by atoms with Gasteiger partial charge in [-0.1, -0.05) is 23.4 Å². The van der Waals surface area contributed by atoms with E-state index in [0.717, 1.165) is 17.9 Å². The smallest absolute Gasteiger partial charge is 0.0842 e. The molecule has 3 rings (SSSR count). The van der Waals surface area contributed by atoms with Gasteiger partial charge in [-0.05, 0) is 11.6 Å². The number of aromatic nitrogens is 3. The number of hydrogen-bond acceptors (Lipinski definition) is 4. The van der Waals surface area contributed by atoms with E-state index in [1.165, 1.54) is 10.5 Å². The molecule has 2 aromatic rings. The predicted octanol–water partition coefficient (Wildman–Crippen LogP) is 1.57. The second-order valence-electron chi connectivity index (χ2n) is 4.71. The highest BCUT2D eigenvalue weighted by molar-refractivity contribution is 7.99. The van der Waals surface area contributed by atoms with Gasteiger partial charge < -0.3 is 5.73 Å². The molecule has 1 aromatic carbocycles. The monoisotopic (exact) mass is 260 g/mol. The molecule has 1 aliphatic heterocycles. The summed E-state index contributed by atoms with van der Waals surface area (Å²) in [6.45, 7) is 0. The Bertz CT molecular complexity index is 551. The molecule has 94 valence electrons. The Labute approximate surface area is 111 Å². The molecule has 2 unspecified atom stereocenters. The lowest BCUT2D eigenvalue weighted by Gasteiger charge is -2.18. The van der Waals surface area contributed by atoms with Gasteiger partial charge in [0.05, 0.1) is 5.69 Å². The summed E-state index contributed by atoms with van der Waals surface area (Å²) in [7, 11) is 1.88. The van der Waals surface area contributed by atoms with Crippen LogP contribution in [0.4, 0.5) is 0 Å². The van der Waals surface area contributed by atoms with Crippen LogP contribution in [0.5, 0.6) is 0 Å². The van der Waals surface area contributed by atoms with Crippen molar-refractivity contribution in [2.24, 2.45) is 12.8 Å². The van der Waals surface area contributed by atoms with E-state index in [0.29, 0.717) is 5.92 Å². The Morgan fingerprint density at radius 1 is 1.50 bits per heavy atom. The number of benzene rings is 1. The molecular weight excluding hydrogens is 244 g/mol. The molecule has 5 heteroatoms. The van der Waals surface area contributed by atoms with E-state index < -0.39 is 0 Å². The standard InChI is InChI=1S/C13H16N4S/c1-17-7-9(15-16-17)6-12(14)11-8-18-13-5-3-2-4-10(11)13/h2-5,7,11-12H,6,8,14H2,1H3. The summed E-state index contributed by atoms with van der Waals surface area (Å²) in [5.41, 5.74) is 8.70. The molecule has 0 fully saturated rings. The maximum absolute atomic E-state index is 6.34. The fraction of sp³-hybridized carbons (Fsp3) is 0.385. The minimum Gasteiger partial charge on any atom is -0.327 e. The lowest BCUT2D eigenvalue weighted by molar-refractivity contribution is 0.565. The lowest BCUT2D eigenvalue weighted by atomic mass is 9.91. The lowest BCUT2D eigenvalue weighted by Crippen LogP contribution is -2.31. The number of thioether (sulfide) groups is 1. The van der Waals surface area contributed by atoms with Gasteiger partial charge in [0.2, 0.25) is 0 Å². The third-order valence-electron chi connectivity index (χ3n) is 3.35. The summed E-state index contributed by atoms with van der Waals surface area (Å²) in [4.78, 5) is 1.37. The average molecular weight is 260 g/mol. The zero-order chi connectivity index (χ0) is 12.5. The molecule has 0 aliphatic carbocycles. The van der Waals surface area contributed by atoms with Crippen LogP contribution < -0.4 is 5.73 Å². The second kappa shape index (κ2) is 4.74. The molecule has 0 bridgehead atoms. The van der Waals surface area contributed by atoms with Crippen LogP contribution in [0.1, 0.15) is 17.2 Å².